The van der Waals surface area contributed by atoms with Gasteiger partial charge in [0.05, 0.1) is 14.2 Å². The van der Waals surface area contributed by atoms with Crippen molar-refractivity contribution in [3.05, 3.63) is 65.2 Å². The van der Waals surface area contributed by atoms with Gasteiger partial charge >= 0.3 is 0 Å². The Kier molecular flexibility index (Phi) is 5.51. The summed E-state index contributed by atoms with van der Waals surface area (Å²) in [5, 5.41) is 0. The van der Waals surface area contributed by atoms with E-state index in [2.05, 4.69) is 17.0 Å². The molecule has 130 valence electrons. The molecule has 0 aliphatic carbocycles. The average molecular weight is 337 g/mol. The Morgan fingerprint density at radius 2 is 1.84 bits per heavy atom. The lowest BCUT2D eigenvalue weighted by Crippen LogP contribution is -2.35. The van der Waals surface area contributed by atoms with E-state index in [1.807, 2.05) is 42.5 Å². The van der Waals surface area contributed by atoms with Crippen LogP contribution in [0.25, 0.3) is 6.08 Å². The van der Waals surface area contributed by atoms with Crippen LogP contribution in [0, 0.1) is 0 Å². The van der Waals surface area contributed by atoms with E-state index in [0.717, 1.165) is 24.2 Å². The molecule has 4 heteroatoms. The number of hydrogen-bond donors (Lipinski definition) is 0. The zero-order valence-electron chi connectivity index (χ0n) is 14.7. The number of para-hydroxylation sites is 1. The lowest BCUT2D eigenvalue weighted by molar-refractivity contribution is -0.117. The summed E-state index contributed by atoms with van der Waals surface area (Å²) < 4.78 is 10.8. The molecule has 4 nitrogen and oxygen atoms in total. The van der Waals surface area contributed by atoms with Gasteiger partial charge in [0.1, 0.15) is 0 Å². The molecule has 0 aromatic heterocycles. The van der Waals surface area contributed by atoms with E-state index in [-0.39, 0.29) is 5.78 Å². The summed E-state index contributed by atoms with van der Waals surface area (Å²) in [6, 6.07) is 16.0. The van der Waals surface area contributed by atoms with E-state index < -0.39 is 0 Å². The lowest BCUT2D eigenvalue weighted by Gasteiger charge is -2.28. The maximum atomic E-state index is 12.4. The average Bonchev–Trinajstić information content (AvgIpc) is 2.65. The van der Waals surface area contributed by atoms with Gasteiger partial charge in [0.2, 0.25) is 0 Å². The summed E-state index contributed by atoms with van der Waals surface area (Å²) >= 11 is 0. The third-order valence-corrected chi connectivity index (χ3v) is 4.42. The topological polar surface area (TPSA) is 38.8 Å². The Hall–Kier alpha value is -2.59. The molecular formula is C21H23NO3. The molecule has 0 atom stereocenters. The molecule has 0 amide bonds. The predicted octanol–water partition coefficient (Wildman–Crippen LogP) is 3.56. The number of piperidine rings is 1. The van der Waals surface area contributed by atoms with E-state index in [1.54, 1.807) is 14.2 Å². The summed E-state index contributed by atoms with van der Waals surface area (Å²) in [5.74, 6) is 1.53. The number of carbonyl (C=O) groups is 1. The minimum atomic E-state index is 0.203. The predicted molar refractivity (Wildman–Crippen MR) is 98.9 cm³/mol. The van der Waals surface area contributed by atoms with Gasteiger partial charge in [-0.15, -0.1) is 0 Å². The Morgan fingerprint density at radius 1 is 1.04 bits per heavy atom. The number of methoxy groups -OCH3 is 2. The van der Waals surface area contributed by atoms with Gasteiger partial charge in [0.15, 0.2) is 17.3 Å². The summed E-state index contributed by atoms with van der Waals surface area (Å²) in [4.78, 5) is 14.7. The Morgan fingerprint density at radius 3 is 2.56 bits per heavy atom. The van der Waals surface area contributed by atoms with Crippen molar-refractivity contribution in [1.82, 2.24) is 4.90 Å². The number of benzene rings is 2. The maximum Gasteiger partial charge on any atom is 0.167 e. The molecule has 1 saturated heterocycles. The number of carbonyl (C=O) groups excluding carboxylic acids is 1. The first-order valence-electron chi connectivity index (χ1n) is 8.42. The molecule has 0 bridgehead atoms. The monoisotopic (exact) mass is 337 g/mol. The van der Waals surface area contributed by atoms with E-state index >= 15 is 0 Å². The number of hydrogen-bond acceptors (Lipinski definition) is 4. The second-order valence-corrected chi connectivity index (χ2v) is 6.12. The Labute approximate surface area is 148 Å². The van der Waals surface area contributed by atoms with Crippen LogP contribution in [-0.4, -0.2) is 38.0 Å². The SMILES string of the molecule is COc1cccc(/C=C2\CN(Cc3ccccc3)CCC2=O)c1OC. The Bertz CT molecular complexity index is 768. The third-order valence-electron chi connectivity index (χ3n) is 4.42. The van der Waals surface area contributed by atoms with Crippen molar-refractivity contribution in [3.63, 3.8) is 0 Å². The fourth-order valence-electron chi connectivity index (χ4n) is 3.14. The zero-order chi connectivity index (χ0) is 17.6. The van der Waals surface area contributed by atoms with Crippen LogP contribution >= 0.6 is 0 Å². The van der Waals surface area contributed by atoms with E-state index in [1.165, 1.54) is 5.56 Å². The highest BCUT2D eigenvalue weighted by atomic mass is 16.5. The maximum absolute atomic E-state index is 12.4. The molecule has 2 aromatic carbocycles. The number of Topliss-reactive ketones (excluding diaryl/α,β-unsaturated/α-hetero) is 1. The second kappa shape index (κ2) is 7.99. The quantitative estimate of drug-likeness (QED) is 0.782. The molecule has 0 spiro atoms. The highest BCUT2D eigenvalue weighted by molar-refractivity contribution is 6.01. The van der Waals surface area contributed by atoms with Crippen molar-refractivity contribution in [2.24, 2.45) is 0 Å². The first kappa shape index (κ1) is 17.2. The van der Waals surface area contributed by atoms with Crippen molar-refractivity contribution >= 4 is 11.9 Å². The van der Waals surface area contributed by atoms with Crippen molar-refractivity contribution in [1.29, 1.82) is 0 Å². The molecule has 0 unspecified atom stereocenters. The van der Waals surface area contributed by atoms with Crippen molar-refractivity contribution in [3.8, 4) is 11.5 Å². The molecule has 1 heterocycles. The molecule has 1 fully saturated rings. The summed E-state index contributed by atoms with van der Waals surface area (Å²) in [7, 11) is 3.23. The fourth-order valence-corrected chi connectivity index (χ4v) is 3.14. The van der Waals surface area contributed by atoms with Crippen LogP contribution in [-0.2, 0) is 11.3 Å². The first-order chi connectivity index (χ1) is 12.2. The van der Waals surface area contributed by atoms with E-state index in [0.29, 0.717) is 24.5 Å². The van der Waals surface area contributed by atoms with Gasteiger partial charge in [0, 0.05) is 37.2 Å². The highest BCUT2D eigenvalue weighted by Gasteiger charge is 2.22. The van der Waals surface area contributed by atoms with Crippen molar-refractivity contribution in [2.45, 2.75) is 13.0 Å². The summed E-state index contributed by atoms with van der Waals surface area (Å²) in [6.07, 6.45) is 2.48. The number of likely N-dealkylation sites (tertiary alicyclic amines) is 1. The third kappa shape index (κ3) is 4.09. The van der Waals surface area contributed by atoms with Gasteiger partial charge in [-0.3, -0.25) is 9.69 Å². The van der Waals surface area contributed by atoms with Gasteiger partial charge < -0.3 is 9.47 Å². The Balaban J connectivity index is 1.83. The minimum absolute atomic E-state index is 0.203. The zero-order valence-corrected chi connectivity index (χ0v) is 14.7. The van der Waals surface area contributed by atoms with Crippen LogP contribution in [0.1, 0.15) is 17.5 Å². The summed E-state index contributed by atoms with van der Waals surface area (Å²) in [5.41, 5.74) is 2.94. The molecule has 0 radical (unpaired) electrons. The largest absolute Gasteiger partial charge is 0.493 e. The normalized spacial score (nSPS) is 16.9. The molecule has 1 aliphatic heterocycles. The van der Waals surface area contributed by atoms with E-state index in [4.69, 9.17) is 9.47 Å². The van der Waals surface area contributed by atoms with Crippen molar-refractivity contribution < 1.29 is 14.3 Å². The summed E-state index contributed by atoms with van der Waals surface area (Å²) in [6.45, 7) is 2.29. The van der Waals surface area contributed by atoms with Crippen LogP contribution in [0.4, 0.5) is 0 Å². The number of rotatable bonds is 5. The number of nitrogens with zero attached hydrogens (tertiary/aromatic N) is 1. The molecule has 1 aliphatic rings. The standard InChI is InChI=1S/C21H23NO3/c1-24-20-10-6-9-17(21(20)25-2)13-18-15-22(12-11-19(18)23)14-16-7-4-3-5-8-16/h3-10,13H,11-12,14-15H2,1-2H3/b18-13+. The van der Waals surface area contributed by atoms with Crippen LogP contribution in [0.15, 0.2) is 54.1 Å². The number of ether oxygens (including phenoxy) is 2. The number of ketones is 1. The van der Waals surface area contributed by atoms with Gasteiger partial charge in [0.25, 0.3) is 0 Å². The smallest absolute Gasteiger partial charge is 0.167 e. The van der Waals surface area contributed by atoms with Gasteiger partial charge in [-0.1, -0.05) is 42.5 Å². The molecule has 0 saturated carbocycles. The van der Waals surface area contributed by atoms with E-state index in [9.17, 15) is 4.79 Å². The van der Waals surface area contributed by atoms with Crippen LogP contribution in [0.5, 0.6) is 11.5 Å². The van der Waals surface area contributed by atoms with Crippen LogP contribution < -0.4 is 9.47 Å². The van der Waals surface area contributed by atoms with Gasteiger partial charge in [-0.2, -0.15) is 0 Å². The lowest BCUT2D eigenvalue weighted by atomic mass is 9.99. The molecular weight excluding hydrogens is 314 g/mol. The van der Waals surface area contributed by atoms with Crippen LogP contribution in [0.2, 0.25) is 0 Å². The molecule has 2 aromatic rings. The second-order valence-electron chi connectivity index (χ2n) is 6.12. The molecule has 0 N–H and O–H groups in total. The molecule has 25 heavy (non-hydrogen) atoms. The fraction of sp³-hybridized carbons (Fsp3) is 0.286. The van der Waals surface area contributed by atoms with Crippen LogP contribution in [0.3, 0.4) is 0 Å². The van der Waals surface area contributed by atoms with Gasteiger partial charge in [-0.25, -0.2) is 0 Å². The first-order valence-corrected chi connectivity index (χ1v) is 8.42. The minimum Gasteiger partial charge on any atom is -0.493 e. The van der Waals surface area contributed by atoms with Crippen molar-refractivity contribution in [2.75, 3.05) is 27.3 Å². The highest BCUT2D eigenvalue weighted by Crippen LogP contribution is 2.32. The van der Waals surface area contributed by atoms with Gasteiger partial charge in [-0.05, 0) is 17.7 Å². The molecule has 3 rings (SSSR count).